The molecular formula is C20H29N5. The topological polar surface area (TPSA) is 68.2 Å². The SMILES string of the molecule is Cc1nn(C)c(C)c1CCCN=C(N)Nc1cccc2c1CCCC2. The predicted molar refractivity (Wildman–Crippen MR) is 104 cm³/mol. The lowest BCUT2D eigenvalue weighted by atomic mass is 9.90. The molecule has 0 saturated heterocycles. The fraction of sp³-hybridized carbons (Fsp3) is 0.500. The Morgan fingerprint density at radius 3 is 2.84 bits per heavy atom. The number of benzene rings is 1. The van der Waals surface area contributed by atoms with Crippen molar-refractivity contribution in [1.29, 1.82) is 0 Å². The van der Waals surface area contributed by atoms with Crippen molar-refractivity contribution in [3.05, 3.63) is 46.3 Å². The summed E-state index contributed by atoms with van der Waals surface area (Å²) in [4.78, 5) is 4.51. The molecule has 0 fully saturated rings. The monoisotopic (exact) mass is 339 g/mol. The van der Waals surface area contributed by atoms with Gasteiger partial charge in [-0.1, -0.05) is 12.1 Å². The third kappa shape index (κ3) is 4.03. The largest absolute Gasteiger partial charge is 0.370 e. The summed E-state index contributed by atoms with van der Waals surface area (Å²) < 4.78 is 1.95. The molecule has 25 heavy (non-hydrogen) atoms. The molecule has 5 nitrogen and oxygen atoms in total. The molecule has 2 aromatic rings. The maximum Gasteiger partial charge on any atom is 0.193 e. The average molecular weight is 339 g/mol. The van der Waals surface area contributed by atoms with Crippen LogP contribution in [0.2, 0.25) is 0 Å². The summed E-state index contributed by atoms with van der Waals surface area (Å²) in [6.07, 6.45) is 6.81. The average Bonchev–Trinajstić information content (AvgIpc) is 2.84. The molecule has 3 rings (SSSR count). The first-order valence-electron chi connectivity index (χ1n) is 9.23. The van der Waals surface area contributed by atoms with Gasteiger partial charge < -0.3 is 11.1 Å². The molecule has 1 heterocycles. The van der Waals surface area contributed by atoms with E-state index in [1.54, 1.807) is 0 Å². The number of fused-ring (bicyclic) bond motifs is 1. The third-order valence-corrected chi connectivity index (χ3v) is 5.18. The summed E-state index contributed by atoms with van der Waals surface area (Å²) in [6.45, 7) is 4.91. The number of rotatable bonds is 5. The van der Waals surface area contributed by atoms with E-state index >= 15 is 0 Å². The molecule has 0 unspecified atom stereocenters. The van der Waals surface area contributed by atoms with Crippen molar-refractivity contribution in [3.63, 3.8) is 0 Å². The lowest BCUT2D eigenvalue weighted by molar-refractivity contribution is 0.687. The number of nitrogens with zero attached hydrogens (tertiary/aromatic N) is 3. The van der Waals surface area contributed by atoms with Crippen LogP contribution in [0.4, 0.5) is 5.69 Å². The van der Waals surface area contributed by atoms with Crippen molar-refractivity contribution in [1.82, 2.24) is 9.78 Å². The van der Waals surface area contributed by atoms with Gasteiger partial charge in [0.25, 0.3) is 0 Å². The molecule has 0 radical (unpaired) electrons. The van der Waals surface area contributed by atoms with Crippen molar-refractivity contribution in [2.45, 2.75) is 52.4 Å². The zero-order valence-corrected chi connectivity index (χ0v) is 15.6. The summed E-state index contributed by atoms with van der Waals surface area (Å²) in [6, 6.07) is 6.44. The number of aliphatic imine (C=N–C) groups is 1. The van der Waals surface area contributed by atoms with Gasteiger partial charge in [0, 0.05) is 25.0 Å². The number of guanidine groups is 1. The third-order valence-electron chi connectivity index (χ3n) is 5.18. The minimum atomic E-state index is 0.513. The highest BCUT2D eigenvalue weighted by molar-refractivity contribution is 5.93. The van der Waals surface area contributed by atoms with E-state index in [0.717, 1.165) is 37.2 Å². The van der Waals surface area contributed by atoms with Crippen molar-refractivity contribution in [2.24, 2.45) is 17.8 Å². The van der Waals surface area contributed by atoms with Gasteiger partial charge in [-0.25, -0.2) is 0 Å². The molecule has 5 heteroatoms. The standard InChI is InChI=1S/C20H29N5/c1-14-17(15(2)25(3)24-14)11-7-13-22-20(21)23-19-12-6-9-16-8-4-5-10-18(16)19/h6,9,12H,4-5,7-8,10-11,13H2,1-3H3,(H3,21,22,23). The van der Waals surface area contributed by atoms with Crippen molar-refractivity contribution >= 4 is 11.6 Å². The van der Waals surface area contributed by atoms with Crippen LogP contribution in [0.25, 0.3) is 0 Å². The smallest absolute Gasteiger partial charge is 0.193 e. The molecule has 1 aromatic heterocycles. The number of aryl methyl sites for hydroxylation is 3. The lowest BCUT2D eigenvalue weighted by Crippen LogP contribution is -2.24. The summed E-state index contributed by atoms with van der Waals surface area (Å²) in [5.41, 5.74) is 13.8. The van der Waals surface area contributed by atoms with Crippen LogP contribution in [0.5, 0.6) is 0 Å². The molecule has 0 saturated carbocycles. The normalized spacial score (nSPS) is 14.4. The van der Waals surface area contributed by atoms with Crippen LogP contribution < -0.4 is 11.1 Å². The van der Waals surface area contributed by atoms with Crippen molar-refractivity contribution < 1.29 is 0 Å². The van der Waals surface area contributed by atoms with Gasteiger partial charge in [0.2, 0.25) is 0 Å². The number of anilines is 1. The Labute approximate surface area is 150 Å². The minimum Gasteiger partial charge on any atom is -0.370 e. The predicted octanol–water partition coefficient (Wildman–Crippen LogP) is 3.28. The fourth-order valence-electron chi connectivity index (χ4n) is 3.71. The molecule has 134 valence electrons. The Morgan fingerprint density at radius 2 is 2.08 bits per heavy atom. The van der Waals surface area contributed by atoms with E-state index < -0.39 is 0 Å². The van der Waals surface area contributed by atoms with Crippen LogP contribution in [0, 0.1) is 13.8 Å². The van der Waals surface area contributed by atoms with Crippen LogP contribution in [-0.4, -0.2) is 22.3 Å². The van der Waals surface area contributed by atoms with Gasteiger partial charge in [-0.3, -0.25) is 9.67 Å². The second-order valence-electron chi connectivity index (χ2n) is 6.92. The maximum atomic E-state index is 6.10. The molecule has 0 atom stereocenters. The van der Waals surface area contributed by atoms with Crippen LogP contribution in [0.3, 0.4) is 0 Å². The van der Waals surface area contributed by atoms with Gasteiger partial charge in [0.05, 0.1) is 5.69 Å². The molecule has 3 N–H and O–H groups in total. The summed E-state index contributed by atoms with van der Waals surface area (Å²) in [5.74, 6) is 0.513. The second kappa shape index (κ2) is 7.72. The second-order valence-corrected chi connectivity index (χ2v) is 6.92. The molecule has 1 aliphatic rings. The number of aromatic nitrogens is 2. The Hall–Kier alpha value is -2.30. The van der Waals surface area contributed by atoms with Crippen LogP contribution in [0.15, 0.2) is 23.2 Å². The molecule has 0 bridgehead atoms. The van der Waals surface area contributed by atoms with Crippen molar-refractivity contribution in [3.8, 4) is 0 Å². The first kappa shape index (κ1) is 17.5. The van der Waals surface area contributed by atoms with Crippen LogP contribution in [-0.2, 0) is 26.3 Å². The van der Waals surface area contributed by atoms with Gasteiger partial charge >= 0.3 is 0 Å². The first-order chi connectivity index (χ1) is 12.1. The number of hydrogen-bond acceptors (Lipinski definition) is 2. The number of nitrogens with two attached hydrogens (primary N) is 1. The highest BCUT2D eigenvalue weighted by atomic mass is 15.3. The molecule has 0 amide bonds. The van der Waals surface area contributed by atoms with E-state index in [-0.39, 0.29) is 0 Å². The van der Waals surface area contributed by atoms with Crippen LogP contribution in [0.1, 0.15) is 47.3 Å². The highest BCUT2D eigenvalue weighted by Crippen LogP contribution is 2.27. The quantitative estimate of drug-likeness (QED) is 0.499. The van der Waals surface area contributed by atoms with Gasteiger partial charge in [0.1, 0.15) is 0 Å². The Morgan fingerprint density at radius 1 is 1.28 bits per heavy atom. The summed E-state index contributed by atoms with van der Waals surface area (Å²) in [7, 11) is 1.99. The van der Waals surface area contributed by atoms with E-state index in [9.17, 15) is 0 Å². The van der Waals surface area contributed by atoms with E-state index in [0.29, 0.717) is 5.96 Å². The maximum absolute atomic E-state index is 6.10. The fourth-order valence-corrected chi connectivity index (χ4v) is 3.71. The Bertz CT molecular complexity index is 773. The van der Waals surface area contributed by atoms with E-state index in [2.05, 4.69) is 47.5 Å². The van der Waals surface area contributed by atoms with Crippen LogP contribution >= 0.6 is 0 Å². The summed E-state index contributed by atoms with van der Waals surface area (Å²) >= 11 is 0. The van der Waals surface area contributed by atoms with Gasteiger partial charge in [-0.2, -0.15) is 5.10 Å². The van der Waals surface area contributed by atoms with Gasteiger partial charge in [-0.05, 0) is 75.1 Å². The van der Waals surface area contributed by atoms with E-state index in [4.69, 9.17) is 5.73 Å². The molecule has 1 aromatic carbocycles. The molecular weight excluding hydrogens is 310 g/mol. The lowest BCUT2D eigenvalue weighted by Gasteiger charge is -2.19. The number of nitrogens with one attached hydrogen (secondary N) is 1. The van der Waals surface area contributed by atoms with E-state index in [1.165, 1.54) is 41.6 Å². The zero-order valence-electron chi connectivity index (χ0n) is 15.6. The Kier molecular flexibility index (Phi) is 5.41. The summed E-state index contributed by atoms with van der Waals surface area (Å²) in [5, 5.41) is 7.77. The highest BCUT2D eigenvalue weighted by Gasteiger charge is 2.13. The zero-order chi connectivity index (χ0) is 17.8. The molecule has 0 spiro atoms. The van der Waals surface area contributed by atoms with E-state index in [1.807, 2.05) is 11.7 Å². The van der Waals surface area contributed by atoms with Crippen molar-refractivity contribution in [2.75, 3.05) is 11.9 Å². The number of hydrogen-bond donors (Lipinski definition) is 2. The molecule has 0 aliphatic heterocycles. The Balaban J connectivity index is 1.56. The minimum absolute atomic E-state index is 0.513. The molecule has 1 aliphatic carbocycles. The van der Waals surface area contributed by atoms with Gasteiger partial charge in [0.15, 0.2) is 5.96 Å². The first-order valence-corrected chi connectivity index (χ1v) is 9.23. The van der Waals surface area contributed by atoms with Gasteiger partial charge in [-0.15, -0.1) is 0 Å².